The van der Waals surface area contributed by atoms with Gasteiger partial charge in [-0.1, -0.05) is 18.6 Å². The number of guanidine groups is 1. The van der Waals surface area contributed by atoms with Crippen LogP contribution in [0.5, 0.6) is 0 Å². The van der Waals surface area contributed by atoms with Gasteiger partial charge in [-0.2, -0.15) is 0 Å². The minimum absolute atomic E-state index is 0.328. The number of methoxy groups -OCH3 is 1. The van der Waals surface area contributed by atoms with E-state index in [1.165, 1.54) is 19.3 Å². The quantitative estimate of drug-likeness (QED) is 0.392. The monoisotopic (exact) mass is 333 g/mol. The lowest BCUT2D eigenvalue weighted by atomic mass is 9.67. The predicted molar refractivity (Wildman–Crippen MR) is 98.3 cm³/mol. The number of furan rings is 1. The topological polar surface area (TPSA) is 58.8 Å². The van der Waals surface area contributed by atoms with E-state index in [1.807, 2.05) is 19.1 Å². The van der Waals surface area contributed by atoms with Gasteiger partial charge in [0.15, 0.2) is 5.96 Å². The smallest absolute Gasteiger partial charge is 0.191 e. The Balaban J connectivity index is 1.86. The Bertz CT molecular complexity index is 519. The number of ether oxygens (including phenoxy) is 1. The van der Waals surface area contributed by atoms with Crippen LogP contribution in [0.15, 0.2) is 40.0 Å². The summed E-state index contributed by atoms with van der Waals surface area (Å²) in [5.41, 5.74) is 1.42. The van der Waals surface area contributed by atoms with E-state index >= 15 is 0 Å². The molecule has 1 saturated carbocycles. The van der Waals surface area contributed by atoms with Gasteiger partial charge in [0.25, 0.3) is 0 Å². The van der Waals surface area contributed by atoms with Gasteiger partial charge in [-0.05, 0) is 43.7 Å². The molecule has 2 N–H and O–H groups in total. The summed E-state index contributed by atoms with van der Waals surface area (Å²) in [5, 5.41) is 6.75. The fraction of sp³-hybridized carbons (Fsp3) is 0.632. The van der Waals surface area contributed by atoms with Crippen LogP contribution in [-0.2, 0) is 11.2 Å². The third-order valence-corrected chi connectivity index (χ3v) is 4.62. The highest BCUT2D eigenvalue weighted by atomic mass is 16.5. The Morgan fingerprint density at radius 1 is 1.42 bits per heavy atom. The zero-order valence-corrected chi connectivity index (χ0v) is 15.1. The van der Waals surface area contributed by atoms with Crippen molar-refractivity contribution in [3.63, 3.8) is 0 Å². The fourth-order valence-corrected chi connectivity index (χ4v) is 2.90. The first-order valence-electron chi connectivity index (χ1n) is 8.81. The van der Waals surface area contributed by atoms with Gasteiger partial charge < -0.3 is 19.8 Å². The molecule has 134 valence electrons. The van der Waals surface area contributed by atoms with Gasteiger partial charge in [-0.3, -0.25) is 4.99 Å². The van der Waals surface area contributed by atoms with E-state index in [0.717, 1.165) is 56.4 Å². The molecule has 1 fully saturated rings. The molecule has 0 radical (unpaired) electrons. The molecule has 1 heterocycles. The van der Waals surface area contributed by atoms with E-state index in [4.69, 9.17) is 14.1 Å². The van der Waals surface area contributed by atoms with Crippen molar-refractivity contribution in [1.82, 2.24) is 10.6 Å². The third kappa shape index (κ3) is 6.04. The van der Waals surface area contributed by atoms with Gasteiger partial charge in [0, 0.05) is 39.8 Å². The lowest BCUT2D eigenvalue weighted by molar-refractivity contribution is 0.0778. The summed E-state index contributed by atoms with van der Waals surface area (Å²) in [6, 6.07) is 3.91. The van der Waals surface area contributed by atoms with Gasteiger partial charge in [0.05, 0.1) is 6.26 Å². The van der Waals surface area contributed by atoms with Crippen molar-refractivity contribution in [3.05, 3.63) is 36.3 Å². The SMILES string of the molecule is C=C(C)CNC(=NCC1(CCOC)CCC1)NCCc1ccco1. The van der Waals surface area contributed by atoms with Gasteiger partial charge in [0.2, 0.25) is 0 Å². The molecule has 24 heavy (non-hydrogen) atoms. The maximum Gasteiger partial charge on any atom is 0.191 e. The van der Waals surface area contributed by atoms with Crippen molar-refractivity contribution in [2.75, 3.05) is 33.4 Å². The number of nitrogens with zero attached hydrogens (tertiary/aromatic N) is 1. The molecule has 0 atom stereocenters. The van der Waals surface area contributed by atoms with Crippen LogP contribution in [0.25, 0.3) is 0 Å². The summed E-state index contributed by atoms with van der Waals surface area (Å²) in [6.45, 7) is 9.15. The molecule has 1 aromatic heterocycles. The maximum atomic E-state index is 5.37. The second-order valence-corrected chi connectivity index (χ2v) is 6.83. The zero-order chi connectivity index (χ0) is 17.3. The second kappa shape index (κ2) is 9.52. The Labute approximate surface area is 145 Å². The number of hydrogen-bond acceptors (Lipinski definition) is 3. The molecule has 1 aliphatic carbocycles. The first-order valence-corrected chi connectivity index (χ1v) is 8.81. The first-order chi connectivity index (χ1) is 11.6. The van der Waals surface area contributed by atoms with Crippen LogP contribution in [0, 0.1) is 5.41 Å². The van der Waals surface area contributed by atoms with Crippen LogP contribution in [0.1, 0.15) is 38.4 Å². The standard InChI is InChI=1S/C19H31N3O2/c1-16(2)14-21-18(20-11-7-17-6-4-12-24-17)22-15-19(8-5-9-19)10-13-23-3/h4,6,12H,1,5,7-11,13-15H2,2-3H3,(H2,20,21,22). The van der Waals surface area contributed by atoms with Crippen LogP contribution in [0.4, 0.5) is 0 Å². The van der Waals surface area contributed by atoms with Crippen LogP contribution >= 0.6 is 0 Å². The Morgan fingerprint density at radius 2 is 2.25 bits per heavy atom. The average Bonchev–Trinajstić information content (AvgIpc) is 3.03. The van der Waals surface area contributed by atoms with Gasteiger partial charge in [-0.15, -0.1) is 0 Å². The lowest BCUT2D eigenvalue weighted by Crippen LogP contribution is -2.41. The molecule has 0 amide bonds. The van der Waals surface area contributed by atoms with E-state index < -0.39 is 0 Å². The molecule has 1 aliphatic rings. The first kappa shape index (κ1) is 18.6. The summed E-state index contributed by atoms with van der Waals surface area (Å²) in [4.78, 5) is 4.83. The lowest BCUT2D eigenvalue weighted by Gasteiger charge is -2.40. The highest BCUT2D eigenvalue weighted by Crippen LogP contribution is 2.44. The van der Waals surface area contributed by atoms with Gasteiger partial charge in [0.1, 0.15) is 5.76 Å². The van der Waals surface area contributed by atoms with E-state index in [0.29, 0.717) is 5.41 Å². The Morgan fingerprint density at radius 3 is 2.83 bits per heavy atom. The molecule has 0 aliphatic heterocycles. The molecular formula is C19H31N3O2. The fourth-order valence-electron chi connectivity index (χ4n) is 2.90. The summed E-state index contributed by atoms with van der Waals surface area (Å²) in [5.74, 6) is 1.84. The molecule has 5 heteroatoms. The third-order valence-electron chi connectivity index (χ3n) is 4.62. The van der Waals surface area contributed by atoms with E-state index in [-0.39, 0.29) is 0 Å². The molecule has 0 bridgehead atoms. The number of rotatable bonds is 10. The van der Waals surface area contributed by atoms with Crippen LogP contribution in [-0.4, -0.2) is 39.3 Å². The molecule has 1 aromatic rings. The number of nitrogens with one attached hydrogen (secondary N) is 2. The maximum absolute atomic E-state index is 5.37. The van der Waals surface area contributed by atoms with Crippen molar-refractivity contribution in [1.29, 1.82) is 0 Å². The predicted octanol–water partition coefficient (Wildman–Crippen LogP) is 3.14. The Hall–Kier alpha value is -1.75. The molecule has 2 rings (SSSR count). The molecule has 0 unspecified atom stereocenters. The van der Waals surface area contributed by atoms with Crippen molar-refractivity contribution >= 4 is 5.96 Å². The normalized spacial score (nSPS) is 16.5. The zero-order valence-electron chi connectivity index (χ0n) is 15.1. The second-order valence-electron chi connectivity index (χ2n) is 6.83. The minimum Gasteiger partial charge on any atom is -0.469 e. The largest absolute Gasteiger partial charge is 0.469 e. The summed E-state index contributed by atoms with van der Waals surface area (Å²) in [6.07, 6.45) is 7.45. The van der Waals surface area contributed by atoms with E-state index in [2.05, 4.69) is 17.2 Å². The van der Waals surface area contributed by atoms with Crippen molar-refractivity contribution < 1.29 is 9.15 Å². The molecule has 0 saturated heterocycles. The van der Waals surface area contributed by atoms with Gasteiger partial charge >= 0.3 is 0 Å². The highest BCUT2D eigenvalue weighted by Gasteiger charge is 2.36. The highest BCUT2D eigenvalue weighted by molar-refractivity contribution is 5.80. The summed E-state index contributed by atoms with van der Waals surface area (Å²) in [7, 11) is 1.77. The summed E-state index contributed by atoms with van der Waals surface area (Å²) < 4.78 is 10.6. The van der Waals surface area contributed by atoms with Crippen molar-refractivity contribution in [3.8, 4) is 0 Å². The average molecular weight is 333 g/mol. The van der Waals surface area contributed by atoms with Crippen LogP contribution in [0.3, 0.4) is 0 Å². The minimum atomic E-state index is 0.328. The van der Waals surface area contributed by atoms with Crippen molar-refractivity contribution in [2.45, 2.75) is 39.0 Å². The van der Waals surface area contributed by atoms with E-state index in [9.17, 15) is 0 Å². The van der Waals surface area contributed by atoms with Crippen LogP contribution < -0.4 is 10.6 Å². The van der Waals surface area contributed by atoms with E-state index in [1.54, 1.807) is 13.4 Å². The number of aliphatic imine (C=N–C) groups is 1. The van der Waals surface area contributed by atoms with Crippen LogP contribution in [0.2, 0.25) is 0 Å². The summed E-state index contributed by atoms with van der Waals surface area (Å²) >= 11 is 0. The molecule has 0 spiro atoms. The number of hydrogen-bond donors (Lipinski definition) is 2. The van der Waals surface area contributed by atoms with Gasteiger partial charge in [-0.25, -0.2) is 0 Å². The Kier molecular flexibility index (Phi) is 7.37. The molecule has 0 aromatic carbocycles. The molecule has 5 nitrogen and oxygen atoms in total. The molecular weight excluding hydrogens is 302 g/mol. The van der Waals surface area contributed by atoms with Crippen molar-refractivity contribution in [2.24, 2.45) is 10.4 Å².